The van der Waals surface area contributed by atoms with Crippen LogP contribution in [0, 0.1) is 13.8 Å². The first-order valence-electron chi connectivity index (χ1n) is 9.27. The third-order valence-electron chi connectivity index (χ3n) is 4.86. The highest BCUT2D eigenvalue weighted by Gasteiger charge is 2.18. The van der Waals surface area contributed by atoms with Crippen LogP contribution < -0.4 is 5.32 Å². The molecule has 0 fully saturated rings. The van der Waals surface area contributed by atoms with E-state index in [1.165, 1.54) is 5.56 Å². The summed E-state index contributed by atoms with van der Waals surface area (Å²) in [5, 5.41) is 3.89. The standard InChI is InChI=1S/C24H21N3O/c1-16-9-11-19(12-10-16)23-17(2)22(20-7-3-4-8-21(20)27-23)24(28)26-15-18-6-5-13-25-14-18/h3-14H,15H2,1-2H3,(H,26,28). The second-order valence-corrected chi connectivity index (χ2v) is 6.89. The molecule has 0 radical (unpaired) electrons. The van der Waals surface area contributed by atoms with Crippen LogP contribution in [0.2, 0.25) is 0 Å². The summed E-state index contributed by atoms with van der Waals surface area (Å²) in [6.07, 6.45) is 3.48. The number of hydrogen-bond acceptors (Lipinski definition) is 3. The molecule has 4 heteroatoms. The topological polar surface area (TPSA) is 54.9 Å². The fourth-order valence-corrected chi connectivity index (χ4v) is 3.37. The van der Waals surface area contributed by atoms with E-state index >= 15 is 0 Å². The fraction of sp³-hybridized carbons (Fsp3) is 0.125. The molecular formula is C24H21N3O. The summed E-state index contributed by atoms with van der Waals surface area (Å²) < 4.78 is 0. The largest absolute Gasteiger partial charge is 0.348 e. The molecule has 1 amide bonds. The summed E-state index contributed by atoms with van der Waals surface area (Å²) in [6, 6.07) is 19.8. The molecule has 4 aromatic rings. The maximum absolute atomic E-state index is 13.1. The van der Waals surface area contributed by atoms with Gasteiger partial charge in [0.15, 0.2) is 0 Å². The number of fused-ring (bicyclic) bond motifs is 1. The van der Waals surface area contributed by atoms with Gasteiger partial charge < -0.3 is 5.32 Å². The van der Waals surface area contributed by atoms with Crippen LogP contribution in [-0.4, -0.2) is 15.9 Å². The molecule has 0 aliphatic carbocycles. The number of carbonyl (C=O) groups is 1. The fourth-order valence-electron chi connectivity index (χ4n) is 3.37. The first kappa shape index (κ1) is 17.9. The van der Waals surface area contributed by atoms with E-state index in [1.54, 1.807) is 12.4 Å². The number of nitrogens with one attached hydrogen (secondary N) is 1. The van der Waals surface area contributed by atoms with Crippen LogP contribution in [0.25, 0.3) is 22.2 Å². The van der Waals surface area contributed by atoms with Gasteiger partial charge in [-0.25, -0.2) is 4.98 Å². The second-order valence-electron chi connectivity index (χ2n) is 6.89. The van der Waals surface area contributed by atoms with Crippen molar-refractivity contribution in [1.82, 2.24) is 15.3 Å². The zero-order chi connectivity index (χ0) is 19.5. The van der Waals surface area contributed by atoms with Gasteiger partial charge in [-0.3, -0.25) is 9.78 Å². The van der Waals surface area contributed by atoms with E-state index in [1.807, 2.05) is 43.3 Å². The van der Waals surface area contributed by atoms with Gasteiger partial charge in [-0.05, 0) is 37.1 Å². The Kier molecular flexibility index (Phi) is 4.85. The van der Waals surface area contributed by atoms with Crippen molar-refractivity contribution in [2.24, 2.45) is 0 Å². The Morgan fingerprint density at radius 2 is 1.75 bits per heavy atom. The van der Waals surface area contributed by atoms with Crippen LogP contribution in [0.15, 0.2) is 73.1 Å². The molecule has 0 bridgehead atoms. The number of para-hydroxylation sites is 1. The van der Waals surface area contributed by atoms with Crippen molar-refractivity contribution in [2.45, 2.75) is 20.4 Å². The number of nitrogens with zero attached hydrogens (tertiary/aromatic N) is 2. The predicted molar refractivity (Wildman–Crippen MR) is 112 cm³/mol. The smallest absolute Gasteiger partial charge is 0.252 e. The van der Waals surface area contributed by atoms with E-state index in [-0.39, 0.29) is 5.91 Å². The minimum Gasteiger partial charge on any atom is -0.348 e. The number of carbonyl (C=O) groups excluding carboxylic acids is 1. The lowest BCUT2D eigenvalue weighted by Crippen LogP contribution is -2.24. The molecule has 0 spiro atoms. The van der Waals surface area contributed by atoms with Gasteiger partial charge in [0, 0.05) is 29.9 Å². The van der Waals surface area contributed by atoms with Crippen LogP contribution in [0.4, 0.5) is 0 Å². The van der Waals surface area contributed by atoms with Gasteiger partial charge in [-0.15, -0.1) is 0 Å². The highest BCUT2D eigenvalue weighted by atomic mass is 16.1. The molecule has 0 aliphatic heterocycles. The molecule has 0 unspecified atom stereocenters. The van der Waals surface area contributed by atoms with Crippen LogP contribution in [0.5, 0.6) is 0 Å². The number of benzene rings is 2. The monoisotopic (exact) mass is 367 g/mol. The normalized spacial score (nSPS) is 10.8. The number of pyridine rings is 2. The van der Waals surface area contributed by atoms with Crippen molar-refractivity contribution in [2.75, 3.05) is 0 Å². The summed E-state index contributed by atoms with van der Waals surface area (Å²) in [6.45, 7) is 4.46. The van der Waals surface area contributed by atoms with Gasteiger partial charge in [0.2, 0.25) is 0 Å². The zero-order valence-electron chi connectivity index (χ0n) is 15.9. The van der Waals surface area contributed by atoms with E-state index in [0.717, 1.165) is 33.3 Å². The van der Waals surface area contributed by atoms with E-state index in [0.29, 0.717) is 12.1 Å². The first-order valence-corrected chi connectivity index (χ1v) is 9.27. The quantitative estimate of drug-likeness (QED) is 0.561. The Bertz CT molecular complexity index is 1140. The average molecular weight is 367 g/mol. The van der Waals surface area contributed by atoms with Crippen molar-refractivity contribution >= 4 is 16.8 Å². The molecule has 2 aromatic carbocycles. The number of aryl methyl sites for hydroxylation is 1. The van der Waals surface area contributed by atoms with Gasteiger partial charge in [0.25, 0.3) is 5.91 Å². The first-order chi connectivity index (χ1) is 13.6. The Balaban J connectivity index is 1.78. The van der Waals surface area contributed by atoms with E-state index in [2.05, 4.69) is 41.5 Å². The second kappa shape index (κ2) is 7.61. The van der Waals surface area contributed by atoms with Crippen molar-refractivity contribution in [1.29, 1.82) is 0 Å². The van der Waals surface area contributed by atoms with E-state index in [9.17, 15) is 4.79 Å². The van der Waals surface area contributed by atoms with Crippen molar-refractivity contribution in [3.63, 3.8) is 0 Å². The van der Waals surface area contributed by atoms with Crippen LogP contribution in [0.1, 0.15) is 27.0 Å². The Morgan fingerprint density at radius 3 is 2.50 bits per heavy atom. The Labute approximate surface area is 164 Å². The summed E-state index contributed by atoms with van der Waals surface area (Å²) in [5.41, 5.74) is 6.37. The molecule has 4 nitrogen and oxygen atoms in total. The highest BCUT2D eigenvalue weighted by molar-refractivity contribution is 6.08. The lowest BCUT2D eigenvalue weighted by molar-refractivity contribution is 0.0952. The lowest BCUT2D eigenvalue weighted by atomic mass is 9.96. The third-order valence-corrected chi connectivity index (χ3v) is 4.86. The summed E-state index contributed by atoms with van der Waals surface area (Å²) in [5.74, 6) is -0.103. The van der Waals surface area contributed by atoms with Gasteiger partial charge in [-0.1, -0.05) is 54.1 Å². The summed E-state index contributed by atoms with van der Waals surface area (Å²) >= 11 is 0. The van der Waals surface area contributed by atoms with Crippen molar-refractivity contribution in [3.8, 4) is 11.3 Å². The number of aromatic nitrogens is 2. The Morgan fingerprint density at radius 1 is 0.964 bits per heavy atom. The maximum Gasteiger partial charge on any atom is 0.252 e. The minimum atomic E-state index is -0.103. The maximum atomic E-state index is 13.1. The van der Waals surface area contributed by atoms with Gasteiger partial charge in [-0.2, -0.15) is 0 Å². The molecule has 0 saturated heterocycles. The van der Waals surface area contributed by atoms with Crippen LogP contribution in [-0.2, 0) is 6.54 Å². The third kappa shape index (κ3) is 3.49. The molecule has 4 rings (SSSR count). The molecule has 28 heavy (non-hydrogen) atoms. The summed E-state index contributed by atoms with van der Waals surface area (Å²) in [7, 11) is 0. The Hall–Kier alpha value is -3.53. The number of amides is 1. The SMILES string of the molecule is Cc1ccc(-c2nc3ccccc3c(C(=O)NCc3cccnc3)c2C)cc1. The van der Waals surface area contributed by atoms with E-state index in [4.69, 9.17) is 4.98 Å². The zero-order valence-corrected chi connectivity index (χ0v) is 15.9. The van der Waals surface area contributed by atoms with E-state index < -0.39 is 0 Å². The molecule has 0 aliphatic rings. The lowest BCUT2D eigenvalue weighted by Gasteiger charge is -2.15. The van der Waals surface area contributed by atoms with Gasteiger partial charge in [0.05, 0.1) is 16.8 Å². The number of hydrogen-bond donors (Lipinski definition) is 1. The molecule has 2 aromatic heterocycles. The van der Waals surface area contributed by atoms with Crippen molar-refractivity contribution in [3.05, 3.63) is 95.3 Å². The molecule has 2 heterocycles. The van der Waals surface area contributed by atoms with Crippen LogP contribution in [0.3, 0.4) is 0 Å². The molecule has 1 N–H and O–H groups in total. The summed E-state index contributed by atoms with van der Waals surface area (Å²) in [4.78, 5) is 22.1. The van der Waals surface area contributed by atoms with Crippen molar-refractivity contribution < 1.29 is 4.79 Å². The highest BCUT2D eigenvalue weighted by Crippen LogP contribution is 2.29. The average Bonchev–Trinajstić information content (AvgIpc) is 2.73. The molecule has 138 valence electrons. The molecular weight excluding hydrogens is 346 g/mol. The molecule has 0 atom stereocenters. The van der Waals surface area contributed by atoms with Gasteiger partial charge in [0.1, 0.15) is 0 Å². The van der Waals surface area contributed by atoms with Gasteiger partial charge >= 0.3 is 0 Å². The molecule has 0 saturated carbocycles. The van der Waals surface area contributed by atoms with Crippen LogP contribution >= 0.6 is 0 Å². The minimum absolute atomic E-state index is 0.103. The predicted octanol–water partition coefficient (Wildman–Crippen LogP) is 4.84. The number of rotatable bonds is 4.